The van der Waals surface area contributed by atoms with E-state index in [1.807, 2.05) is 11.6 Å². The summed E-state index contributed by atoms with van der Waals surface area (Å²) in [4.78, 5) is 14.0. The molecule has 0 aromatic carbocycles. The molecule has 0 saturated heterocycles. The van der Waals surface area contributed by atoms with Crippen LogP contribution >= 0.6 is 0 Å². The molecule has 6 aliphatic rings. The molecule has 1 aromatic rings. The Labute approximate surface area is 209 Å². The van der Waals surface area contributed by atoms with Crippen LogP contribution in [0.25, 0.3) is 0 Å². The largest absolute Gasteiger partial charge is 0.390 e. The Kier molecular flexibility index (Phi) is 4.78. The average molecular weight is 476 g/mol. The molecule has 7 rings (SSSR count). The van der Waals surface area contributed by atoms with Crippen molar-refractivity contribution in [1.82, 2.24) is 9.78 Å². The highest BCUT2D eigenvalue weighted by molar-refractivity contribution is 5.83. The number of nitrogens with zero attached hydrogens (tertiary/aromatic N) is 3. The molecule has 0 amide bonds. The highest BCUT2D eigenvalue weighted by Crippen LogP contribution is 2.77. The third kappa shape index (κ3) is 3.20. The zero-order valence-corrected chi connectivity index (χ0v) is 21.6. The van der Waals surface area contributed by atoms with E-state index in [9.17, 15) is 15.2 Å². The second kappa shape index (κ2) is 7.44. The lowest BCUT2D eigenvalue weighted by Crippen LogP contribution is -2.52. The van der Waals surface area contributed by atoms with Gasteiger partial charge in [0.25, 0.3) is 0 Å². The van der Waals surface area contributed by atoms with E-state index >= 15 is 0 Å². The molecule has 5 heteroatoms. The van der Waals surface area contributed by atoms with Gasteiger partial charge in [-0.25, -0.2) is 0 Å². The van der Waals surface area contributed by atoms with Crippen LogP contribution in [0.2, 0.25) is 0 Å². The van der Waals surface area contributed by atoms with E-state index in [4.69, 9.17) is 0 Å². The Hall–Kier alpha value is -1.67. The number of ketones is 1. The summed E-state index contributed by atoms with van der Waals surface area (Å²) < 4.78 is 1.89. The highest BCUT2D eigenvalue weighted by Gasteiger charge is 2.74. The first-order chi connectivity index (χ1) is 16.7. The van der Waals surface area contributed by atoms with E-state index in [1.165, 1.54) is 32.1 Å². The van der Waals surface area contributed by atoms with Crippen molar-refractivity contribution in [3.05, 3.63) is 17.5 Å². The standard InChI is InChI=1S/C30H41N3O2/c1-16-24-25(16)27(23(34)15-33-28(17-4-5-17)19(13-31)14-32-33)30(3)11-9-21-20-8-10-29(2,35)12-18(20)6-7-22(21)26(24)30/h14,16-18,20-22,24-27,35H,4-12,15H2,1-3H3/t16-,18+,20-,21+,22+,24?,25?,26+,27-,29+,30-/m0/s1. The van der Waals surface area contributed by atoms with Crippen molar-refractivity contribution in [3.63, 3.8) is 0 Å². The number of aromatic nitrogens is 2. The second-order valence-electron chi connectivity index (χ2n) is 14.1. The van der Waals surface area contributed by atoms with Crippen molar-refractivity contribution in [3.8, 4) is 6.07 Å². The average Bonchev–Trinajstić information content (AvgIpc) is 3.69. The van der Waals surface area contributed by atoms with Crippen molar-refractivity contribution < 1.29 is 9.90 Å². The van der Waals surface area contributed by atoms with Gasteiger partial charge >= 0.3 is 0 Å². The Bertz CT molecular complexity index is 1100. The van der Waals surface area contributed by atoms with Gasteiger partial charge in [0.2, 0.25) is 0 Å². The molecule has 188 valence electrons. The third-order valence-corrected chi connectivity index (χ3v) is 12.2. The number of rotatable bonds is 4. The van der Waals surface area contributed by atoms with Crippen molar-refractivity contribution in [2.75, 3.05) is 0 Å². The van der Waals surface area contributed by atoms with E-state index in [-0.39, 0.29) is 11.3 Å². The van der Waals surface area contributed by atoms with Crippen LogP contribution in [0, 0.1) is 70.0 Å². The molecule has 6 fully saturated rings. The fourth-order valence-electron chi connectivity index (χ4n) is 10.7. The zero-order valence-electron chi connectivity index (χ0n) is 21.6. The fraction of sp³-hybridized carbons (Fsp3) is 0.833. The van der Waals surface area contributed by atoms with Gasteiger partial charge in [-0.1, -0.05) is 13.8 Å². The van der Waals surface area contributed by atoms with E-state index in [1.54, 1.807) is 6.20 Å². The van der Waals surface area contributed by atoms with Gasteiger partial charge in [-0.05, 0) is 117 Å². The number of carbonyl (C=O) groups is 1. The van der Waals surface area contributed by atoms with E-state index in [2.05, 4.69) is 25.0 Å². The maximum Gasteiger partial charge on any atom is 0.158 e. The van der Waals surface area contributed by atoms with Gasteiger partial charge in [-0.15, -0.1) is 0 Å². The molecule has 5 nitrogen and oxygen atoms in total. The van der Waals surface area contributed by atoms with Crippen LogP contribution in [0.3, 0.4) is 0 Å². The van der Waals surface area contributed by atoms with Crippen LogP contribution < -0.4 is 0 Å². The molecule has 2 unspecified atom stereocenters. The predicted molar refractivity (Wildman–Crippen MR) is 132 cm³/mol. The first kappa shape index (κ1) is 22.5. The van der Waals surface area contributed by atoms with Gasteiger partial charge in [-0.2, -0.15) is 10.4 Å². The van der Waals surface area contributed by atoms with Crippen molar-refractivity contribution in [2.45, 2.75) is 96.6 Å². The third-order valence-electron chi connectivity index (χ3n) is 12.2. The highest BCUT2D eigenvalue weighted by atomic mass is 16.3. The summed E-state index contributed by atoms with van der Waals surface area (Å²) in [7, 11) is 0. The monoisotopic (exact) mass is 475 g/mol. The molecule has 0 spiro atoms. The molecular weight excluding hydrogens is 434 g/mol. The first-order valence-corrected chi connectivity index (χ1v) is 14.4. The maximum absolute atomic E-state index is 14.0. The summed E-state index contributed by atoms with van der Waals surface area (Å²) in [5, 5.41) is 24.8. The van der Waals surface area contributed by atoms with Crippen LogP contribution in [-0.4, -0.2) is 26.3 Å². The summed E-state index contributed by atoms with van der Waals surface area (Å²) in [5.74, 6) is 6.64. The summed E-state index contributed by atoms with van der Waals surface area (Å²) >= 11 is 0. The molecule has 1 aromatic heterocycles. The van der Waals surface area contributed by atoms with Crippen LogP contribution in [0.15, 0.2) is 6.20 Å². The summed E-state index contributed by atoms with van der Waals surface area (Å²) in [5.41, 5.74) is 1.33. The SMILES string of the molecule is C[C@@H]1C2C1[C@H]1[C@@H]3CC[C@@H]4C[C@](C)(O)CC[C@@H]4[C@H]3CC[C@]1(C)[C@H]2C(=O)Cn1ncc(C#N)c1C1CC1. The van der Waals surface area contributed by atoms with Gasteiger partial charge in [0.1, 0.15) is 12.6 Å². The summed E-state index contributed by atoms with van der Waals surface area (Å²) in [6, 6.07) is 2.31. The van der Waals surface area contributed by atoms with E-state index in [0.29, 0.717) is 47.5 Å². The molecule has 11 atom stereocenters. The molecule has 0 bridgehead atoms. The minimum absolute atomic E-state index is 0.123. The number of fused-ring (bicyclic) bond motifs is 7. The molecule has 6 saturated carbocycles. The van der Waals surface area contributed by atoms with E-state index in [0.717, 1.165) is 55.0 Å². The Morgan fingerprint density at radius 2 is 1.89 bits per heavy atom. The second-order valence-corrected chi connectivity index (χ2v) is 14.1. The lowest BCUT2D eigenvalue weighted by molar-refractivity contribution is -0.137. The van der Waals surface area contributed by atoms with Crippen LogP contribution in [0.5, 0.6) is 0 Å². The Morgan fingerprint density at radius 3 is 2.63 bits per heavy atom. The normalized spacial score (nSPS) is 49.9. The maximum atomic E-state index is 14.0. The molecule has 6 aliphatic carbocycles. The van der Waals surface area contributed by atoms with Gasteiger partial charge < -0.3 is 5.11 Å². The summed E-state index contributed by atoms with van der Waals surface area (Å²) in [6.07, 6.45) is 12.1. The number of nitriles is 1. The zero-order chi connectivity index (χ0) is 24.3. The fourth-order valence-corrected chi connectivity index (χ4v) is 10.7. The van der Waals surface area contributed by atoms with Crippen molar-refractivity contribution in [2.24, 2.45) is 58.7 Å². The van der Waals surface area contributed by atoms with E-state index < -0.39 is 5.60 Å². The molecule has 35 heavy (non-hydrogen) atoms. The smallest absolute Gasteiger partial charge is 0.158 e. The van der Waals surface area contributed by atoms with Crippen molar-refractivity contribution in [1.29, 1.82) is 5.26 Å². The molecule has 0 radical (unpaired) electrons. The number of hydrogen-bond donors (Lipinski definition) is 1. The topological polar surface area (TPSA) is 78.9 Å². The van der Waals surface area contributed by atoms with Gasteiger partial charge in [0, 0.05) is 11.8 Å². The van der Waals surface area contributed by atoms with Crippen LogP contribution in [-0.2, 0) is 11.3 Å². The first-order valence-electron chi connectivity index (χ1n) is 14.4. The van der Waals surface area contributed by atoms with Crippen LogP contribution in [0.4, 0.5) is 0 Å². The summed E-state index contributed by atoms with van der Waals surface area (Å²) in [6.45, 7) is 7.27. The lowest BCUT2D eigenvalue weighted by Gasteiger charge is -2.58. The molecule has 0 aliphatic heterocycles. The number of carbonyl (C=O) groups excluding carboxylic acids is 1. The number of hydrogen-bond acceptors (Lipinski definition) is 4. The lowest BCUT2D eigenvalue weighted by atomic mass is 9.47. The molecular formula is C30H41N3O2. The predicted octanol–water partition coefficient (Wildman–Crippen LogP) is 5.32. The number of Topliss-reactive ketones (excluding diaryl/α,β-unsaturated/α-hetero) is 1. The Morgan fingerprint density at radius 1 is 1.11 bits per heavy atom. The van der Waals surface area contributed by atoms with Gasteiger partial charge in [0.15, 0.2) is 5.78 Å². The molecule has 1 N–H and O–H groups in total. The van der Waals surface area contributed by atoms with Crippen molar-refractivity contribution >= 4 is 5.78 Å². The minimum Gasteiger partial charge on any atom is -0.390 e. The van der Waals surface area contributed by atoms with Gasteiger partial charge in [-0.3, -0.25) is 9.48 Å². The molecule has 1 heterocycles. The number of aliphatic hydroxyl groups is 1. The van der Waals surface area contributed by atoms with Gasteiger partial charge in [0.05, 0.1) is 23.1 Å². The van der Waals surface area contributed by atoms with Crippen LogP contribution in [0.1, 0.15) is 95.7 Å². The Balaban J connectivity index is 1.15. The minimum atomic E-state index is -0.463. The quantitative estimate of drug-likeness (QED) is 0.639.